The van der Waals surface area contributed by atoms with Crippen LogP contribution in [0.2, 0.25) is 0 Å². The molecule has 2 aromatic rings. The molecule has 2 atom stereocenters. The van der Waals surface area contributed by atoms with Crippen LogP contribution < -0.4 is 14.9 Å². The van der Waals surface area contributed by atoms with Crippen LogP contribution in [0.5, 0.6) is 0 Å². The first-order chi connectivity index (χ1) is 13.6. The van der Waals surface area contributed by atoms with E-state index in [1.165, 1.54) is 23.3 Å². The Kier molecular flexibility index (Phi) is 7.96. The Morgan fingerprint density at radius 2 is 1.52 bits per heavy atom. The summed E-state index contributed by atoms with van der Waals surface area (Å²) in [6.45, 7) is 8.30. The molecular weight excluding hydrogens is 386 g/mol. The molecule has 0 saturated heterocycles. The molecule has 6 nitrogen and oxygen atoms in total. The van der Waals surface area contributed by atoms with E-state index in [1.54, 1.807) is 26.0 Å². The first-order valence-corrected chi connectivity index (χ1v) is 11.4. The Labute approximate surface area is 174 Å². The summed E-state index contributed by atoms with van der Waals surface area (Å²) < 4.78 is 26.9. The molecule has 0 aliphatic heterocycles. The smallest absolute Gasteiger partial charge is 0.282 e. The van der Waals surface area contributed by atoms with Gasteiger partial charge >= 0.3 is 0 Å². The molecule has 3 N–H and O–H groups in total. The predicted octanol–water partition coefficient (Wildman–Crippen LogP) is 1.98. The molecule has 0 heterocycles. The highest BCUT2D eigenvalue weighted by Gasteiger charge is 2.22. The SMILES string of the molecule is CCc1ccc(C[NH+](C)[C@@H](C)C(=O)Nc2ccc(S(=O)(=O)NC(C)C)cc2)cc1. The highest BCUT2D eigenvalue weighted by Crippen LogP contribution is 2.14. The first-order valence-electron chi connectivity index (χ1n) is 9.95. The number of likely N-dealkylation sites (N-methyl/N-ethyl adjacent to an activating group) is 1. The molecule has 29 heavy (non-hydrogen) atoms. The molecule has 0 saturated carbocycles. The second-order valence-corrected chi connectivity index (χ2v) is 9.42. The number of rotatable bonds is 9. The number of amides is 1. The molecule has 2 rings (SSSR count). The van der Waals surface area contributed by atoms with Gasteiger partial charge in [0.15, 0.2) is 6.04 Å². The average Bonchev–Trinajstić information content (AvgIpc) is 2.67. The van der Waals surface area contributed by atoms with Gasteiger partial charge in [0.25, 0.3) is 5.91 Å². The Bertz CT molecular complexity index is 907. The van der Waals surface area contributed by atoms with Gasteiger partial charge in [-0.15, -0.1) is 0 Å². The fourth-order valence-electron chi connectivity index (χ4n) is 2.94. The molecule has 0 aliphatic carbocycles. The van der Waals surface area contributed by atoms with Crippen molar-refractivity contribution in [1.29, 1.82) is 0 Å². The van der Waals surface area contributed by atoms with Crippen molar-refractivity contribution >= 4 is 21.6 Å². The van der Waals surface area contributed by atoms with Crippen LogP contribution in [0.3, 0.4) is 0 Å². The molecular formula is C22H32N3O3S+. The minimum absolute atomic E-state index is 0.108. The third kappa shape index (κ3) is 6.66. The molecule has 0 spiro atoms. The summed E-state index contributed by atoms with van der Waals surface area (Å²) in [7, 11) is -1.55. The molecule has 1 amide bonds. The number of nitrogens with one attached hydrogen (secondary N) is 3. The predicted molar refractivity (Wildman–Crippen MR) is 116 cm³/mol. The number of carbonyl (C=O) groups is 1. The van der Waals surface area contributed by atoms with E-state index in [0.717, 1.165) is 17.9 Å². The summed E-state index contributed by atoms with van der Waals surface area (Å²) in [5.74, 6) is -0.108. The van der Waals surface area contributed by atoms with E-state index in [1.807, 2.05) is 14.0 Å². The molecule has 2 aromatic carbocycles. The van der Waals surface area contributed by atoms with Crippen LogP contribution in [-0.2, 0) is 27.8 Å². The molecule has 0 aliphatic rings. The highest BCUT2D eigenvalue weighted by atomic mass is 32.2. The second kappa shape index (κ2) is 10.0. The van der Waals surface area contributed by atoms with Crippen molar-refractivity contribution in [1.82, 2.24) is 4.72 Å². The van der Waals surface area contributed by atoms with Gasteiger partial charge in [-0.2, -0.15) is 0 Å². The Morgan fingerprint density at radius 3 is 2.03 bits per heavy atom. The van der Waals surface area contributed by atoms with Crippen LogP contribution in [-0.4, -0.2) is 33.5 Å². The number of hydrogen-bond acceptors (Lipinski definition) is 3. The van der Waals surface area contributed by atoms with Gasteiger partial charge in [0.1, 0.15) is 6.54 Å². The van der Waals surface area contributed by atoms with Crippen molar-refractivity contribution in [2.24, 2.45) is 0 Å². The molecule has 0 fully saturated rings. The minimum atomic E-state index is -3.54. The standard InChI is InChI=1S/C22H31N3O3S/c1-6-18-7-9-19(10-8-18)15-25(5)17(4)22(26)23-20-11-13-21(14-12-20)29(27,28)24-16(2)3/h7-14,16-17,24H,6,15H2,1-5H3,(H,23,26)/p+1/t17-/m0/s1. The summed E-state index contributed by atoms with van der Waals surface area (Å²) in [5.41, 5.74) is 3.06. The van der Waals surface area contributed by atoms with E-state index in [9.17, 15) is 13.2 Å². The summed E-state index contributed by atoms with van der Waals surface area (Å²) in [6.07, 6.45) is 1.01. The third-order valence-electron chi connectivity index (χ3n) is 4.87. The molecule has 158 valence electrons. The van der Waals surface area contributed by atoms with Crippen LogP contribution in [0.25, 0.3) is 0 Å². The number of aryl methyl sites for hydroxylation is 1. The molecule has 0 radical (unpaired) electrons. The minimum Gasteiger partial charge on any atom is -0.324 e. The van der Waals surface area contributed by atoms with Crippen molar-refractivity contribution in [2.75, 3.05) is 12.4 Å². The van der Waals surface area contributed by atoms with Gasteiger partial charge in [-0.3, -0.25) is 4.79 Å². The third-order valence-corrected chi connectivity index (χ3v) is 6.54. The summed E-state index contributed by atoms with van der Waals surface area (Å²) >= 11 is 0. The number of quaternary nitrogens is 1. The Hall–Kier alpha value is -2.22. The second-order valence-electron chi connectivity index (χ2n) is 7.70. The van der Waals surface area contributed by atoms with Crippen molar-refractivity contribution < 1.29 is 18.1 Å². The van der Waals surface area contributed by atoms with Gasteiger partial charge in [0.2, 0.25) is 10.0 Å². The number of anilines is 1. The summed E-state index contributed by atoms with van der Waals surface area (Å²) in [6, 6.07) is 14.2. The maximum Gasteiger partial charge on any atom is 0.282 e. The van der Waals surface area contributed by atoms with Gasteiger partial charge < -0.3 is 10.2 Å². The van der Waals surface area contributed by atoms with Crippen LogP contribution in [0.15, 0.2) is 53.4 Å². The topological polar surface area (TPSA) is 79.7 Å². The lowest BCUT2D eigenvalue weighted by molar-refractivity contribution is -0.907. The van der Waals surface area contributed by atoms with Gasteiger partial charge in [0.05, 0.1) is 11.9 Å². The Balaban J connectivity index is 1.97. The zero-order valence-corrected chi connectivity index (χ0v) is 18.6. The van der Waals surface area contributed by atoms with Crippen molar-refractivity contribution in [3.8, 4) is 0 Å². The van der Waals surface area contributed by atoms with Gasteiger partial charge in [-0.25, -0.2) is 13.1 Å². The molecule has 0 bridgehead atoms. The van der Waals surface area contributed by atoms with E-state index in [4.69, 9.17) is 0 Å². The van der Waals surface area contributed by atoms with Crippen LogP contribution in [0, 0.1) is 0 Å². The lowest BCUT2D eigenvalue weighted by Crippen LogP contribution is -3.12. The van der Waals surface area contributed by atoms with Gasteiger partial charge in [0, 0.05) is 17.3 Å². The highest BCUT2D eigenvalue weighted by molar-refractivity contribution is 7.89. The average molecular weight is 419 g/mol. The normalized spacial score (nSPS) is 13.9. The fraction of sp³-hybridized carbons (Fsp3) is 0.409. The van der Waals surface area contributed by atoms with Gasteiger partial charge in [-0.05, 0) is 57.0 Å². The molecule has 7 heteroatoms. The van der Waals surface area contributed by atoms with E-state index in [0.29, 0.717) is 5.69 Å². The Morgan fingerprint density at radius 1 is 0.966 bits per heavy atom. The van der Waals surface area contributed by atoms with Crippen molar-refractivity contribution in [3.63, 3.8) is 0 Å². The zero-order chi connectivity index (χ0) is 21.6. The van der Waals surface area contributed by atoms with Crippen LogP contribution in [0.1, 0.15) is 38.8 Å². The maximum atomic E-state index is 12.6. The number of benzene rings is 2. The lowest BCUT2D eigenvalue weighted by atomic mass is 10.1. The van der Waals surface area contributed by atoms with Crippen molar-refractivity contribution in [2.45, 2.75) is 57.6 Å². The maximum absolute atomic E-state index is 12.6. The van der Waals surface area contributed by atoms with Crippen LogP contribution >= 0.6 is 0 Å². The van der Waals surface area contributed by atoms with Gasteiger partial charge in [-0.1, -0.05) is 31.2 Å². The number of hydrogen-bond donors (Lipinski definition) is 3. The largest absolute Gasteiger partial charge is 0.324 e. The van der Waals surface area contributed by atoms with Crippen LogP contribution in [0.4, 0.5) is 5.69 Å². The van der Waals surface area contributed by atoms with E-state index >= 15 is 0 Å². The number of carbonyl (C=O) groups excluding carboxylic acids is 1. The fourth-order valence-corrected chi connectivity index (χ4v) is 4.19. The number of sulfonamides is 1. The van der Waals surface area contributed by atoms with E-state index in [2.05, 4.69) is 41.2 Å². The zero-order valence-electron chi connectivity index (χ0n) is 17.8. The summed E-state index contributed by atoms with van der Waals surface area (Å²) in [5, 5.41) is 2.87. The molecule has 0 aromatic heterocycles. The van der Waals surface area contributed by atoms with Crippen molar-refractivity contribution in [3.05, 3.63) is 59.7 Å². The lowest BCUT2D eigenvalue weighted by Gasteiger charge is -2.21. The monoisotopic (exact) mass is 418 g/mol. The molecule has 1 unspecified atom stereocenters. The first kappa shape index (κ1) is 23.1. The quantitative estimate of drug-likeness (QED) is 0.583. The summed E-state index contributed by atoms with van der Waals surface area (Å²) in [4.78, 5) is 13.9. The van der Waals surface area contributed by atoms with E-state index < -0.39 is 10.0 Å². The van der Waals surface area contributed by atoms with E-state index in [-0.39, 0.29) is 22.9 Å².